The van der Waals surface area contributed by atoms with Crippen molar-refractivity contribution in [2.24, 2.45) is 0 Å². The molecule has 1 saturated heterocycles. The first-order valence-electron chi connectivity index (χ1n) is 6.00. The Morgan fingerprint density at radius 2 is 2.31 bits per heavy atom. The summed E-state index contributed by atoms with van der Waals surface area (Å²) in [5.74, 6) is 0.802. The van der Waals surface area contributed by atoms with Crippen LogP contribution in [0.15, 0.2) is 18.3 Å². The second-order valence-electron chi connectivity index (χ2n) is 4.70. The van der Waals surface area contributed by atoms with Gasteiger partial charge in [-0.3, -0.25) is 4.90 Å². The van der Waals surface area contributed by atoms with Crippen molar-refractivity contribution in [1.29, 1.82) is 0 Å². The van der Waals surface area contributed by atoms with Crippen molar-refractivity contribution in [2.45, 2.75) is 38.8 Å². The summed E-state index contributed by atoms with van der Waals surface area (Å²) < 4.78 is 5.77. The lowest BCUT2D eigenvalue weighted by Gasteiger charge is -2.22. The van der Waals surface area contributed by atoms with Gasteiger partial charge in [0.05, 0.1) is 6.10 Å². The van der Waals surface area contributed by atoms with E-state index in [1.165, 1.54) is 24.9 Å². The molecule has 1 unspecified atom stereocenters. The first-order valence-corrected chi connectivity index (χ1v) is 6.00. The van der Waals surface area contributed by atoms with Crippen LogP contribution in [0.25, 0.3) is 0 Å². The Morgan fingerprint density at radius 3 is 2.94 bits per heavy atom. The average Bonchev–Trinajstić information content (AvgIpc) is 2.64. The molecule has 1 aliphatic heterocycles. The number of hydrogen-bond donors (Lipinski definition) is 0. The lowest BCUT2D eigenvalue weighted by Crippen LogP contribution is -2.19. The Bertz CT molecular complexity index is 352. The van der Waals surface area contributed by atoms with Gasteiger partial charge in [0, 0.05) is 17.8 Å². The van der Waals surface area contributed by atoms with Crippen LogP contribution in [0.2, 0.25) is 0 Å². The highest BCUT2D eigenvalue weighted by Crippen LogP contribution is 2.34. The quantitative estimate of drug-likeness (QED) is 0.783. The molecule has 16 heavy (non-hydrogen) atoms. The molecular formula is C13H20N2O. The van der Waals surface area contributed by atoms with Gasteiger partial charge in [-0.1, -0.05) is 6.07 Å². The molecule has 0 spiro atoms. The second kappa shape index (κ2) is 4.83. The number of nitrogens with zero attached hydrogens (tertiary/aromatic N) is 2. The minimum Gasteiger partial charge on any atom is -0.475 e. The third-order valence-corrected chi connectivity index (χ3v) is 3.03. The van der Waals surface area contributed by atoms with Crippen LogP contribution in [0.5, 0.6) is 5.88 Å². The zero-order valence-corrected chi connectivity index (χ0v) is 10.3. The number of hydrogen-bond acceptors (Lipinski definition) is 3. The van der Waals surface area contributed by atoms with Gasteiger partial charge in [-0.15, -0.1) is 0 Å². The second-order valence-corrected chi connectivity index (χ2v) is 4.70. The molecule has 0 radical (unpaired) electrons. The van der Waals surface area contributed by atoms with Crippen LogP contribution in [0, 0.1) is 0 Å². The molecule has 3 heteroatoms. The molecule has 0 N–H and O–H groups in total. The molecule has 0 aromatic carbocycles. The fraction of sp³-hybridized carbons (Fsp3) is 0.615. The Kier molecular flexibility index (Phi) is 3.44. The highest BCUT2D eigenvalue weighted by molar-refractivity contribution is 5.29. The van der Waals surface area contributed by atoms with E-state index in [0.29, 0.717) is 6.04 Å². The summed E-state index contributed by atoms with van der Waals surface area (Å²) in [7, 11) is 2.17. The first kappa shape index (κ1) is 11.4. The third-order valence-electron chi connectivity index (χ3n) is 3.03. The van der Waals surface area contributed by atoms with Crippen LogP contribution in [0.3, 0.4) is 0 Å². The summed E-state index contributed by atoms with van der Waals surface area (Å²) in [4.78, 5) is 6.73. The smallest absolute Gasteiger partial charge is 0.218 e. The fourth-order valence-corrected chi connectivity index (χ4v) is 2.28. The van der Waals surface area contributed by atoms with Crippen molar-refractivity contribution in [1.82, 2.24) is 9.88 Å². The van der Waals surface area contributed by atoms with Crippen molar-refractivity contribution >= 4 is 0 Å². The normalized spacial score (nSPS) is 21.6. The number of likely N-dealkylation sites (tertiary alicyclic amines) is 1. The van der Waals surface area contributed by atoms with Crippen molar-refractivity contribution in [3.8, 4) is 5.88 Å². The molecule has 1 aromatic heterocycles. The molecule has 88 valence electrons. The van der Waals surface area contributed by atoms with Gasteiger partial charge in [-0.25, -0.2) is 4.98 Å². The highest BCUT2D eigenvalue weighted by atomic mass is 16.5. The molecule has 1 fully saturated rings. The van der Waals surface area contributed by atoms with Crippen molar-refractivity contribution in [3.05, 3.63) is 23.9 Å². The third kappa shape index (κ3) is 2.35. The average molecular weight is 220 g/mol. The van der Waals surface area contributed by atoms with Gasteiger partial charge in [0.1, 0.15) is 0 Å². The van der Waals surface area contributed by atoms with E-state index in [9.17, 15) is 0 Å². The first-order chi connectivity index (χ1) is 7.68. The van der Waals surface area contributed by atoms with Crippen molar-refractivity contribution in [2.75, 3.05) is 13.6 Å². The number of rotatable bonds is 3. The maximum absolute atomic E-state index is 5.77. The van der Waals surface area contributed by atoms with Crippen LogP contribution in [-0.4, -0.2) is 29.6 Å². The summed E-state index contributed by atoms with van der Waals surface area (Å²) in [6.45, 7) is 5.24. The van der Waals surface area contributed by atoms with Gasteiger partial charge >= 0.3 is 0 Å². The lowest BCUT2D eigenvalue weighted by atomic mass is 10.1. The van der Waals surface area contributed by atoms with E-state index in [1.54, 1.807) is 6.20 Å². The predicted octanol–water partition coefficient (Wildman–Crippen LogP) is 2.64. The molecule has 1 aromatic rings. The van der Waals surface area contributed by atoms with E-state index in [-0.39, 0.29) is 6.10 Å². The lowest BCUT2D eigenvalue weighted by molar-refractivity contribution is 0.220. The molecule has 0 aliphatic carbocycles. The minimum absolute atomic E-state index is 0.181. The molecular weight excluding hydrogens is 200 g/mol. The Balaban J connectivity index is 2.25. The van der Waals surface area contributed by atoms with Gasteiger partial charge < -0.3 is 4.74 Å². The van der Waals surface area contributed by atoms with E-state index in [2.05, 4.69) is 23.0 Å². The summed E-state index contributed by atoms with van der Waals surface area (Å²) in [6.07, 6.45) is 4.45. The molecule has 0 saturated carbocycles. The van der Waals surface area contributed by atoms with E-state index < -0.39 is 0 Å². The van der Waals surface area contributed by atoms with E-state index in [0.717, 1.165) is 5.88 Å². The molecule has 3 nitrogen and oxygen atoms in total. The zero-order chi connectivity index (χ0) is 11.5. The Morgan fingerprint density at radius 1 is 1.50 bits per heavy atom. The van der Waals surface area contributed by atoms with Crippen molar-refractivity contribution < 1.29 is 4.74 Å². The molecule has 0 bridgehead atoms. The number of aromatic nitrogens is 1. The molecule has 1 atom stereocenters. The van der Waals surface area contributed by atoms with Gasteiger partial charge in [-0.2, -0.15) is 0 Å². The standard InChI is InChI=1S/C13H20N2O/c1-10(2)16-13-11(6-4-8-14-13)12-7-5-9-15(12)3/h4,6,8,10,12H,5,7,9H2,1-3H3. The Hall–Kier alpha value is -1.09. The highest BCUT2D eigenvalue weighted by Gasteiger charge is 2.25. The minimum atomic E-state index is 0.181. The van der Waals surface area contributed by atoms with E-state index in [4.69, 9.17) is 4.74 Å². The molecule has 2 rings (SSSR count). The largest absolute Gasteiger partial charge is 0.475 e. The monoisotopic (exact) mass is 220 g/mol. The maximum atomic E-state index is 5.77. The van der Waals surface area contributed by atoms with Gasteiger partial charge in [0.15, 0.2) is 0 Å². The van der Waals surface area contributed by atoms with Crippen LogP contribution in [0.4, 0.5) is 0 Å². The van der Waals surface area contributed by atoms with E-state index >= 15 is 0 Å². The van der Waals surface area contributed by atoms with Crippen LogP contribution in [-0.2, 0) is 0 Å². The van der Waals surface area contributed by atoms with Crippen LogP contribution in [0.1, 0.15) is 38.3 Å². The topological polar surface area (TPSA) is 25.4 Å². The summed E-state index contributed by atoms with van der Waals surface area (Å²) in [5, 5.41) is 0. The van der Waals surface area contributed by atoms with Crippen molar-refractivity contribution in [3.63, 3.8) is 0 Å². The summed E-state index contributed by atoms with van der Waals surface area (Å²) >= 11 is 0. The maximum Gasteiger partial charge on any atom is 0.218 e. The predicted molar refractivity (Wildman–Crippen MR) is 64.6 cm³/mol. The molecule has 1 aliphatic rings. The fourth-order valence-electron chi connectivity index (χ4n) is 2.28. The SMILES string of the molecule is CC(C)Oc1ncccc1C1CCCN1C. The Labute approximate surface area is 97.4 Å². The number of pyridine rings is 1. The summed E-state index contributed by atoms with van der Waals surface area (Å²) in [6, 6.07) is 4.61. The van der Waals surface area contributed by atoms with Gasteiger partial charge in [0.2, 0.25) is 5.88 Å². The van der Waals surface area contributed by atoms with Crippen LogP contribution >= 0.6 is 0 Å². The summed E-state index contributed by atoms with van der Waals surface area (Å²) in [5.41, 5.74) is 1.23. The number of ether oxygens (including phenoxy) is 1. The molecule has 2 heterocycles. The van der Waals surface area contributed by atoms with Crippen LogP contribution < -0.4 is 4.74 Å². The van der Waals surface area contributed by atoms with Gasteiger partial charge in [0.25, 0.3) is 0 Å². The van der Waals surface area contributed by atoms with E-state index in [1.807, 2.05) is 19.9 Å². The zero-order valence-electron chi connectivity index (χ0n) is 10.3. The van der Waals surface area contributed by atoms with Gasteiger partial charge in [-0.05, 0) is 46.3 Å². The molecule has 0 amide bonds.